The average molecular weight is 145 g/mol. The van der Waals surface area contributed by atoms with Gasteiger partial charge in [-0.2, -0.15) is 0 Å². The first kappa shape index (κ1) is 6.44. The summed E-state index contributed by atoms with van der Waals surface area (Å²) in [5.74, 6) is -0.0984. The van der Waals surface area contributed by atoms with E-state index in [9.17, 15) is 4.79 Å². The van der Waals surface area contributed by atoms with E-state index in [1.807, 2.05) is 0 Å². The predicted octanol–water partition coefficient (Wildman–Crippen LogP) is -1.12. The Bertz CT molecular complexity index is 158. The molecule has 0 aromatic rings. The fourth-order valence-corrected chi connectivity index (χ4v) is 0.650. The second kappa shape index (κ2) is 2.28. The summed E-state index contributed by atoms with van der Waals surface area (Å²) in [4.78, 5) is 10.7. The summed E-state index contributed by atoms with van der Waals surface area (Å²) in [7, 11) is 0. The van der Waals surface area contributed by atoms with Crippen molar-refractivity contribution in [3.63, 3.8) is 0 Å². The standard InChI is InChI=1S/C4H7N3OS/c1-2-3(8)5-4(9)7-6-2/h2,6H,1H3,(H2,5,7,8,9). The summed E-state index contributed by atoms with van der Waals surface area (Å²) >= 11 is 4.63. The van der Waals surface area contributed by atoms with Crippen molar-refractivity contribution in [2.45, 2.75) is 13.0 Å². The van der Waals surface area contributed by atoms with Gasteiger partial charge in [-0.1, -0.05) is 0 Å². The maximum atomic E-state index is 10.7. The maximum absolute atomic E-state index is 10.7. The molecule has 0 saturated carbocycles. The fraction of sp³-hybridized carbons (Fsp3) is 0.500. The molecular formula is C4H7N3OS. The minimum Gasteiger partial charge on any atom is -0.301 e. The molecule has 0 radical (unpaired) electrons. The van der Waals surface area contributed by atoms with Crippen molar-refractivity contribution in [1.29, 1.82) is 0 Å². The molecule has 50 valence electrons. The van der Waals surface area contributed by atoms with Crippen LogP contribution in [0.25, 0.3) is 0 Å². The third kappa shape index (κ3) is 1.36. The smallest absolute Gasteiger partial charge is 0.244 e. The highest BCUT2D eigenvalue weighted by Gasteiger charge is 2.17. The molecular weight excluding hydrogens is 138 g/mol. The van der Waals surface area contributed by atoms with Crippen LogP contribution in [0.5, 0.6) is 0 Å². The Labute approximate surface area is 58.0 Å². The van der Waals surface area contributed by atoms with Crippen LogP contribution in [0.2, 0.25) is 0 Å². The van der Waals surface area contributed by atoms with E-state index in [0.29, 0.717) is 5.11 Å². The van der Waals surface area contributed by atoms with Gasteiger partial charge < -0.3 is 5.32 Å². The molecule has 0 bridgehead atoms. The van der Waals surface area contributed by atoms with Crippen molar-refractivity contribution in [2.75, 3.05) is 0 Å². The molecule has 1 aliphatic heterocycles. The van der Waals surface area contributed by atoms with Crippen LogP contribution < -0.4 is 16.2 Å². The van der Waals surface area contributed by atoms with Gasteiger partial charge in [0.2, 0.25) is 5.91 Å². The molecule has 1 saturated heterocycles. The number of carbonyl (C=O) groups is 1. The number of rotatable bonds is 0. The van der Waals surface area contributed by atoms with Gasteiger partial charge in [-0.05, 0) is 19.1 Å². The first-order valence-corrected chi connectivity index (χ1v) is 2.97. The molecule has 4 nitrogen and oxygen atoms in total. The van der Waals surface area contributed by atoms with Crippen LogP contribution in [-0.4, -0.2) is 17.1 Å². The lowest BCUT2D eigenvalue weighted by Gasteiger charge is -2.21. The second-order valence-corrected chi connectivity index (χ2v) is 2.22. The molecule has 1 fully saturated rings. The highest BCUT2D eigenvalue weighted by atomic mass is 32.1. The molecule has 1 aliphatic rings. The number of carbonyl (C=O) groups excluding carboxylic acids is 1. The summed E-state index contributed by atoms with van der Waals surface area (Å²) < 4.78 is 0. The van der Waals surface area contributed by atoms with Crippen molar-refractivity contribution in [3.8, 4) is 0 Å². The van der Waals surface area contributed by atoms with Crippen molar-refractivity contribution in [2.24, 2.45) is 0 Å². The molecule has 1 rings (SSSR count). The van der Waals surface area contributed by atoms with Crippen molar-refractivity contribution in [1.82, 2.24) is 16.2 Å². The van der Waals surface area contributed by atoms with Crippen molar-refractivity contribution >= 4 is 23.2 Å². The molecule has 3 N–H and O–H groups in total. The molecule has 0 spiro atoms. The highest BCUT2D eigenvalue weighted by Crippen LogP contribution is 1.83. The van der Waals surface area contributed by atoms with Gasteiger partial charge in [0.15, 0.2) is 5.11 Å². The van der Waals surface area contributed by atoms with Gasteiger partial charge in [-0.25, -0.2) is 5.43 Å². The van der Waals surface area contributed by atoms with E-state index in [0.717, 1.165) is 0 Å². The third-order valence-electron chi connectivity index (χ3n) is 1.03. The fourth-order valence-electron chi connectivity index (χ4n) is 0.491. The summed E-state index contributed by atoms with van der Waals surface area (Å²) in [5, 5.41) is 2.78. The van der Waals surface area contributed by atoms with Crippen molar-refractivity contribution < 1.29 is 4.79 Å². The van der Waals surface area contributed by atoms with E-state index in [1.54, 1.807) is 6.92 Å². The van der Waals surface area contributed by atoms with E-state index >= 15 is 0 Å². The van der Waals surface area contributed by atoms with Gasteiger partial charge in [0.05, 0.1) is 0 Å². The number of nitrogens with one attached hydrogen (secondary N) is 3. The van der Waals surface area contributed by atoms with Gasteiger partial charge in [0.1, 0.15) is 6.04 Å². The minimum atomic E-state index is -0.211. The third-order valence-corrected chi connectivity index (χ3v) is 1.24. The van der Waals surface area contributed by atoms with Gasteiger partial charge in [-0.3, -0.25) is 10.2 Å². The number of hydrazine groups is 1. The van der Waals surface area contributed by atoms with Crippen LogP contribution in [0.15, 0.2) is 0 Å². The Morgan fingerprint density at radius 1 is 1.67 bits per heavy atom. The Balaban J connectivity index is 2.54. The van der Waals surface area contributed by atoms with Crippen LogP contribution in [0.1, 0.15) is 6.92 Å². The largest absolute Gasteiger partial charge is 0.301 e. The predicted molar refractivity (Wildman–Crippen MR) is 36.5 cm³/mol. The maximum Gasteiger partial charge on any atom is 0.244 e. The van der Waals surface area contributed by atoms with E-state index in [1.165, 1.54) is 0 Å². The summed E-state index contributed by atoms with van der Waals surface area (Å²) in [5.41, 5.74) is 5.29. The monoisotopic (exact) mass is 145 g/mol. The summed E-state index contributed by atoms with van der Waals surface area (Å²) in [6.07, 6.45) is 0. The molecule has 1 unspecified atom stereocenters. The Morgan fingerprint density at radius 2 is 2.33 bits per heavy atom. The Hall–Kier alpha value is -0.680. The van der Waals surface area contributed by atoms with E-state index in [4.69, 9.17) is 0 Å². The van der Waals surface area contributed by atoms with Crippen LogP contribution >= 0.6 is 12.2 Å². The SMILES string of the molecule is CC1NNC(=S)NC1=O. The lowest BCUT2D eigenvalue weighted by molar-refractivity contribution is -0.122. The lowest BCUT2D eigenvalue weighted by atomic mass is 10.3. The normalized spacial score (nSPS) is 27.0. The number of hydrogen-bond acceptors (Lipinski definition) is 3. The van der Waals surface area contributed by atoms with Gasteiger partial charge in [0.25, 0.3) is 0 Å². The molecule has 1 atom stereocenters. The van der Waals surface area contributed by atoms with Crippen LogP contribution in [0.4, 0.5) is 0 Å². The average Bonchev–Trinajstić information content (AvgIpc) is 1.80. The molecule has 1 heterocycles. The molecule has 0 aromatic heterocycles. The minimum absolute atomic E-state index is 0.0984. The van der Waals surface area contributed by atoms with Crippen LogP contribution in [0.3, 0.4) is 0 Å². The van der Waals surface area contributed by atoms with Gasteiger partial charge in [-0.15, -0.1) is 0 Å². The molecule has 0 aliphatic carbocycles. The molecule has 0 aromatic carbocycles. The highest BCUT2D eigenvalue weighted by molar-refractivity contribution is 7.80. The van der Waals surface area contributed by atoms with Gasteiger partial charge >= 0.3 is 0 Å². The van der Waals surface area contributed by atoms with Crippen LogP contribution in [-0.2, 0) is 4.79 Å². The second-order valence-electron chi connectivity index (χ2n) is 1.81. The molecule has 5 heteroatoms. The number of amides is 1. The lowest BCUT2D eigenvalue weighted by Crippen LogP contribution is -2.61. The van der Waals surface area contributed by atoms with Gasteiger partial charge in [0, 0.05) is 0 Å². The zero-order valence-electron chi connectivity index (χ0n) is 4.89. The zero-order valence-corrected chi connectivity index (χ0v) is 5.71. The molecule has 1 amide bonds. The Kier molecular flexibility index (Phi) is 1.63. The number of hydrogen-bond donors (Lipinski definition) is 3. The summed E-state index contributed by atoms with van der Waals surface area (Å²) in [6.45, 7) is 1.74. The first-order chi connectivity index (χ1) is 4.20. The summed E-state index contributed by atoms with van der Waals surface area (Å²) in [6, 6.07) is -0.211. The van der Waals surface area contributed by atoms with Crippen LogP contribution in [0, 0.1) is 0 Å². The first-order valence-electron chi connectivity index (χ1n) is 2.56. The topological polar surface area (TPSA) is 53.2 Å². The quantitative estimate of drug-likeness (QED) is 0.378. The number of thiocarbonyl (C=S) groups is 1. The van der Waals surface area contributed by atoms with E-state index in [-0.39, 0.29) is 11.9 Å². The van der Waals surface area contributed by atoms with Crippen molar-refractivity contribution in [3.05, 3.63) is 0 Å². The molecule has 9 heavy (non-hydrogen) atoms. The van der Waals surface area contributed by atoms with E-state index < -0.39 is 0 Å². The zero-order chi connectivity index (χ0) is 6.85. The van der Waals surface area contributed by atoms with E-state index in [2.05, 4.69) is 28.4 Å². The Morgan fingerprint density at radius 3 is 2.78 bits per heavy atom.